The van der Waals surface area contributed by atoms with Gasteiger partial charge in [0.2, 0.25) is 0 Å². The number of esters is 2. The van der Waals surface area contributed by atoms with Crippen molar-refractivity contribution in [3.63, 3.8) is 0 Å². The summed E-state index contributed by atoms with van der Waals surface area (Å²) in [5, 5.41) is 5.27. The van der Waals surface area contributed by atoms with Gasteiger partial charge in [-0.25, -0.2) is 9.59 Å². The number of carbonyl (C=O) groups excluding carboxylic acids is 3. The van der Waals surface area contributed by atoms with Crippen molar-refractivity contribution in [2.24, 2.45) is 0 Å². The molecule has 3 aromatic rings. The highest BCUT2D eigenvalue weighted by Crippen LogP contribution is 2.36. The normalized spacial score (nSPS) is 10.8. The van der Waals surface area contributed by atoms with E-state index in [-0.39, 0.29) is 12.2 Å². The molecule has 3 rings (SSSR count). The number of aryl methyl sites for hydroxylation is 1. The molecule has 170 valence electrons. The molecule has 0 aliphatic carbocycles. The van der Waals surface area contributed by atoms with Crippen molar-refractivity contribution in [1.82, 2.24) is 0 Å². The first kappa shape index (κ1) is 24.2. The largest absolute Gasteiger partial charge is 0.462 e. The topological polar surface area (TPSA) is 81.7 Å². The van der Waals surface area contributed by atoms with Gasteiger partial charge in [0.05, 0.1) is 6.61 Å². The molecular formula is C25H22ClNO5S. The lowest BCUT2D eigenvalue weighted by Gasteiger charge is -2.09. The molecule has 0 saturated heterocycles. The van der Waals surface area contributed by atoms with Gasteiger partial charge in [-0.15, -0.1) is 11.3 Å². The standard InChI is InChI=1S/C25H22ClNO5S/c1-3-31-25(30)23-20(18-9-11-19(26)12-10-18)15-33-24(23)27-21(28)14-32-22(29)13-8-17-6-4-16(2)5-7-17/h4-13,15H,3,14H2,1-2H3,(H,27,28). The van der Waals surface area contributed by atoms with E-state index in [1.165, 1.54) is 17.4 Å². The SMILES string of the molecule is CCOC(=O)c1c(-c2ccc(Cl)cc2)csc1NC(=O)COC(=O)C=Cc1ccc(C)cc1. The number of halogens is 1. The Kier molecular flexibility index (Phi) is 8.40. The molecule has 0 fully saturated rings. The summed E-state index contributed by atoms with van der Waals surface area (Å²) in [5.74, 6) is -1.77. The van der Waals surface area contributed by atoms with E-state index in [1.54, 1.807) is 42.6 Å². The van der Waals surface area contributed by atoms with Gasteiger partial charge in [-0.1, -0.05) is 53.6 Å². The molecule has 8 heteroatoms. The first-order valence-electron chi connectivity index (χ1n) is 10.1. The first-order chi connectivity index (χ1) is 15.9. The maximum Gasteiger partial charge on any atom is 0.341 e. The number of hydrogen-bond acceptors (Lipinski definition) is 6. The van der Waals surface area contributed by atoms with Crippen molar-refractivity contribution >= 4 is 51.9 Å². The molecule has 1 aromatic heterocycles. The summed E-state index contributed by atoms with van der Waals surface area (Å²) in [7, 11) is 0. The monoisotopic (exact) mass is 483 g/mol. The molecule has 0 radical (unpaired) electrons. The quantitative estimate of drug-likeness (QED) is 0.326. The number of rotatable bonds is 8. The van der Waals surface area contributed by atoms with Gasteiger partial charge in [0.1, 0.15) is 10.6 Å². The summed E-state index contributed by atoms with van der Waals surface area (Å²) in [4.78, 5) is 36.9. The number of thiophene rings is 1. The van der Waals surface area contributed by atoms with Crippen LogP contribution in [-0.4, -0.2) is 31.1 Å². The summed E-state index contributed by atoms with van der Waals surface area (Å²) in [6, 6.07) is 14.6. The summed E-state index contributed by atoms with van der Waals surface area (Å²) in [6.07, 6.45) is 2.86. The van der Waals surface area contributed by atoms with E-state index >= 15 is 0 Å². The van der Waals surface area contributed by atoms with E-state index in [9.17, 15) is 14.4 Å². The molecule has 0 bridgehead atoms. The van der Waals surface area contributed by atoms with Crippen molar-refractivity contribution in [3.05, 3.63) is 81.7 Å². The molecule has 0 atom stereocenters. The van der Waals surface area contributed by atoms with Crippen LogP contribution in [-0.2, 0) is 19.1 Å². The third-order valence-corrected chi connectivity index (χ3v) is 5.66. The Labute approximate surface area is 200 Å². The molecular weight excluding hydrogens is 462 g/mol. The zero-order valence-electron chi connectivity index (χ0n) is 18.1. The fourth-order valence-electron chi connectivity index (χ4n) is 2.89. The number of hydrogen-bond donors (Lipinski definition) is 1. The number of anilines is 1. The number of nitrogens with one attached hydrogen (secondary N) is 1. The van der Waals surface area contributed by atoms with Crippen molar-refractivity contribution in [2.45, 2.75) is 13.8 Å². The summed E-state index contributed by atoms with van der Waals surface area (Å²) in [5.41, 5.74) is 3.56. The van der Waals surface area contributed by atoms with Crippen LogP contribution in [0.3, 0.4) is 0 Å². The molecule has 33 heavy (non-hydrogen) atoms. The van der Waals surface area contributed by atoms with E-state index in [0.29, 0.717) is 15.6 Å². The zero-order valence-corrected chi connectivity index (χ0v) is 19.7. The molecule has 0 unspecified atom stereocenters. The Morgan fingerprint density at radius 1 is 1.03 bits per heavy atom. The van der Waals surface area contributed by atoms with Gasteiger partial charge in [-0.3, -0.25) is 4.79 Å². The number of benzene rings is 2. The lowest BCUT2D eigenvalue weighted by atomic mass is 10.0. The fourth-order valence-corrected chi connectivity index (χ4v) is 3.99. The number of carbonyl (C=O) groups is 3. The van der Waals surface area contributed by atoms with E-state index in [0.717, 1.165) is 16.7 Å². The highest BCUT2D eigenvalue weighted by Gasteiger charge is 2.23. The minimum absolute atomic E-state index is 0.188. The van der Waals surface area contributed by atoms with Crippen molar-refractivity contribution < 1.29 is 23.9 Å². The molecule has 1 amide bonds. The van der Waals surface area contributed by atoms with E-state index < -0.39 is 24.5 Å². The Morgan fingerprint density at radius 3 is 2.39 bits per heavy atom. The lowest BCUT2D eigenvalue weighted by molar-refractivity contribution is -0.142. The predicted octanol–water partition coefficient (Wildman–Crippen LogP) is 5.75. The third-order valence-electron chi connectivity index (χ3n) is 4.51. The smallest absolute Gasteiger partial charge is 0.341 e. The second kappa shape index (κ2) is 11.4. The van der Waals surface area contributed by atoms with Crippen LogP contribution in [0.5, 0.6) is 0 Å². The Bertz CT molecular complexity index is 1170. The van der Waals surface area contributed by atoms with Crippen LogP contribution < -0.4 is 5.32 Å². The van der Waals surface area contributed by atoms with Crippen LogP contribution in [0.2, 0.25) is 5.02 Å². The lowest BCUT2D eigenvalue weighted by Crippen LogP contribution is -2.21. The van der Waals surface area contributed by atoms with Crippen LogP contribution in [0.25, 0.3) is 17.2 Å². The molecule has 1 N–H and O–H groups in total. The van der Waals surface area contributed by atoms with Crippen molar-refractivity contribution in [1.29, 1.82) is 0 Å². The Balaban J connectivity index is 1.67. The third kappa shape index (κ3) is 6.78. The van der Waals surface area contributed by atoms with Gasteiger partial charge in [0.25, 0.3) is 5.91 Å². The highest BCUT2D eigenvalue weighted by molar-refractivity contribution is 7.15. The number of amides is 1. The first-order valence-corrected chi connectivity index (χ1v) is 11.4. The molecule has 0 saturated carbocycles. The average molecular weight is 484 g/mol. The van der Waals surface area contributed by atoms with Crippen LogP contribution in [0.4, 0.5) is 5.00 Å². The number of ether oxygens (including phenoxy) is 2. The molecule has 0 spiro atoms. The second-order valence-electron chi connectivity index (χ2n) is 6.98. The molecule has 2 aromatic carbocycles. The maximum absolute atomic E-state index is 12.6. The van der Waals surface area contributed by atoms with Gasteiger partial charge in [0.15, 0.2) is 6.61 Å². The summed E-state index contributed by atoms with van der Waals surface area (Å²) < 4.78 is 10.2. The summed E-state index contributed by atoms with van der Waals surface area (Å²) in [6.45, 7) is 3.37. The Hall–Kier alpha value is -3.42. The minimum atomic E-state index is -0.649. The predicted molar refractivity (Wildman–Crippen MR) is 131 cm³/mol. The van der Waals surface area contributed by atoms with Gasteiger partial charge < -0.3 is 14.8 Å². The van der Waals surface area contributed by atoms with Gasteiger partial charge in [0, 0.05) is 22.0 Å². The zero-order chi connectivity index (χ0) is 23.8. The highest BCUT2D eigenvalue weighted by atomic mass is 35.5. The van der Waals surface area contributed by atoms with Crippen molar-refractivity contribution in [3.8, 4) is 11.1 Å². The Morgan fingerprint density at radius 2 is 1.73 bits per heavy atom. The van der Waals surface area contributed by atoms with Crippen LogP contribution in [0.15, 0.2) is 60.0 Å². The maximum atomic E-state index is 12.6. The fraction of sp³-hybridized carbons (Fsp3) is 0.160. The molecule has 6 nitrogen and oxygen atoms in total. The second-order valence-corrected chi connectivity index (χ2v) is 8.30. The minimum Gasteiger partial charge on any atom is -0.462 e. The van der Waals surface area contributed by atoms with Gasteiger partial charge in [-0.05, 0) is 43.2 Å². The van der Waals surface area contributed by atoms with Crippen LogP contribution in [0, 0.1) is 6.92 Å². The van der Waals surface area contributed by atoms with E-state index in [2.05, 4.69) is 5.32 Å². The average Bonchev–Trinajstić information content (AvgIpc) is 3.21. The van der Waals surface area contributed by atoms with E-state index in [1.807, 2.05) is 31.2 Å². The van der Waals surface area contributed by atoms with E-state index in [4.69, 9.17) is 21.1 Å². The molecule has 0 aliphatic heterocycles. The van der Waals surface area contributed by atoms with Crippen LogP contribution in [0.1, 0.15) is 28.4 Å². The van der Waals surface area contributed by atoms with Crippen molar-refractivity contribution in [2.75, 3.05) is 18.5 Å². The molecule has 0 aliphatic rings. The van der Waals surface area contributed by atoms with Gasteiger partial charge >= 0.3 is 11.9 Å². The molecule has 1 heterocycles. The van der Waals surface area contributed by atoms with Gasteiger partial charge in [-0.2, -0.15) is 0 Å². The summed E-state index contributed by atoms with van der Waals surface area (Å²) >= 11 is 7.14. The van der Waals surface area contributed by atoms with Crippen LogP contribution >= 0.6 is 22.9 Å².